The Kier molecular flexibility index (Phi) is 4.95. The normalized spacial score (nSPS) is 16.8. The summed E-state index contributed by atoms with van der Waals surface area (Å²) in [4.78, 5) is 26.5. The second kappa shape index (κ2) is 7.15. The van der Waals surface area contributed by atoms with Crippen molar-refractivity contribution in [3.05, 3.63) is 53.1 Å². The van der Waals surface area contributed by atoms with Crippen molar-refractivity contribution in [3.8, 4) is 5.75 Å². The van der Waals surface area contributed by atoms with Crippen molar-refractivity contribution < 1.29 is 14.3 Å². The van der Waals surface area contributed by atoms with Gasteiger partial charge in [0.15, 0.2) is 0 Å². The first-order valence-electron chi connectivity index (χ1n) is 7.99. The number of anilines is 2. The number of aryl methyl sites for hydroxylation is 1. The smallest absolute Gasteiger partial charge is 0.229 e. The molecule has 1 fully saturated rings. The van der Waals surface area contributed by atoms with Gasteiger partial charge in [-0.2, -0.15) is 0 Å². The maximum atomic E-state index is 12.6. The molecule has 2 amide bonds. The van der Waals surface area contributed by atoms with E-state index in [1.54, 1.807) is 36.3 Å². The zero-order chi connectivity index (χ0) is 18.0. The highest BCUT2D eigenvalue weighted by atomic mass is 35.5. The summed E-state index contributed by atoms with van der Waals surface area (Å²) in [7, 11) is 1.56. The lowest BCUT2D eigenvalue weighted by atomic mass is 10.1. The van der Waals surface area contributed by atoms with Crippen molar-refractivity contribution in [1.82, 2.24) is 0 Å². The fraction of sp³-hybridized carbons (Fsp3) is 0.263. The van der Waals surface area contributed by atoms with Crippen LogP contribution in [0.5, 0.6) is 5.75 Å². The summed E-state index contributed by atoms with van der Waals surface area (Å²) in [5.41, 5.74) is 2.38. The summed E-state index contributed by atoms with van der Waals surface area (Å²) < 4.78 is 5.28. The lowest BCUT2D eigenvalue weighted by Crippen LogP contribution is -2.28. The molecule has 0 saturated carbocycles. The van der Waals surface area contributed by atoms with Gasteiger partial charge in [0, 0.05) is 23.7 Å². The minimum Gasteiger partial charge on any atom is -0.495 e. The number of nitrogens with one attached hydrogen (secondary N) is 1. The van der Waals surface area contributed by atoms with Gasteiger partial charge in [0.25, 0.3) is 0 Å². The number of benzene rings is 2. The Hall–Kier alpha value is -2.53. The van der Waals surface area contributed by atoms with Crippen LogP contribution in [0.1, 0.15) is 12.0 Å². The van der Waals surface area contributed by atoms with Crippen LogP contribution < -0.4 is 15.0 Å². The van der Waals surface area contributed by atoms with Crippen LogP contribution in [0.3, 0.4) is 0 Å². The van der Waals surface area contributed by atoms with Gasteiger partial charge >= 0.3 is 0 Å². The SMILES string of the molecule is COc1ccc(C)cc1NC(=O)[C@H]1CC(=O)N(c2ccc(Cl)cc2)C1. The number of carbonyl (C=O) groups excluding carboxylic acids is 2. The van der Waals surface area contributed by atoms with E-state index in [0.717, 1.165) is 11.3 Å². The first kappa shape index (κ1) is 17.3. The number of halogens is 1. The largest absolute Gasteiger partial charge is 0.495 e. The van der Waals surface area contributed by atoms with Crippen LogP contribution in [0.15, 0.2) is 42.5 Å². The fourth-order valence-corrected chi connectivity index (χ4v) is 3.03. The minimum absolute atomic E-state index is 0.0707. The fourth-order valence-electron chi connectivity index (χ4n) is 2.91. The molecule has 0 bridgehead atoms. The van der Waals surface area contributed by atoms with Gasteiger partial charge in [-0.3, -0.25) is 9.59 Å². The summed E-state index contributed by atoms with van der Waals surface area (Å²) >= 11 is 5.89. The van der Waals surface area contributed by atoms with Crippen molar-refractivity contribution in [3.63, 3.8) is 0 Å². The highest BCUT2D eigenvalue weighted by Crippen LogP contribution is 2.29. The van der Waals surface area contributed by atoms with Gasteiger partial charge < -0.3 is 15.0 Å². The Balaban J connectivity index is 1.73. The number of ether oxygens (including phenoxy) is 1. The summed E-state index contributed by atoms with van der Waals surface area (Å²) in [6.07, 6.45) is 0.183. The molecule has 0 radical (unpaired) electrons. The predicted octanol–water partition coefficient (Wildman–Crippen LogP) is 3.65. The van der Waals surface area contributed by atoms with Crippen LogP contribution in [-0.4, -0.2) is 25.5 Å². The van der Waals surface area contributed by atoms with Crippen LogP contribution in [0, 0.1) is 12.8 Å². The topological polar surface area (TPSA) is 58.6 Å². The number of amides is 2. The quantitative estimate of drug-likeness (QED) is 0.907. The molecule has 1 aliphatic rings. The summed E-state index contributed by atoms with van der Waals surface area (Å²) in [6, 6.07) is 12.6. The second-order valence-corrected chi connectivity index (χ2v) is 6.51. The van der Waals surface area contributed by atoms with E-state index in [1.807, 2.05) is 25.1 Å². The molecule has 1 aliphatic heterocycles. The first-order chi connectivity index (χ1) is 12.0. The molecule has 2 aromatic carbocycles. The zero-order valence-corrected chi connectivity index (χ0v) is 14.8. The van der Waals surface area contributed by atoms with Gasteiger partial charge in [-0.05, 0) is 48.9 Å². The van der Waals surface area contributed by atoms with E-state index < -0.39 is 5.92 Å². The number of rotatable bonds is 4. The van der Waals surface area contributed by atoms with E-state index in [0.29, 0.717) is 23.0 Å². The average molecular weight is 359 g/mol. The summed E-state index contributed by atoms with van der Waals surface area (Å²) in [6.45, 7) is 2.29. The van der Waals surface area contributed by atoms with Gasteiger partial charge in [0.05, 0.1) is 18.7 Å². The maximum Gasteiger partial charge on any atom is 0.229 e. The number of methoxy groups -OCH3 is 1. The Bertz CT molecular complexity index is 805. The highest BCUT2D eigenvalue weighted by Gasteiger charge is 2.35. The van der Waals surface area contributed by atoms with Gasteiger partial charge in [-0.15, -0.1) is 0 Å². The Morgan fingerprint density at radius 2 is 1.96 bits per heavy atom. The molecule has 0 aromatic heterocycles. The molecular formula is C19H19ClN2O3. The third-order valence-corrected chi connectivity index (χ3v) is 4.50. The summed E-state index contributed by atoms with van der Waals surface area (Å²) in [5, 5.41) is 3.49. The standard InChI is InChI=1S/C19H19ClN2O3/c1-12-3-8-17(25-2)16(9-12)21-19(24)13-10-18(23)22(11-13)15-6-4-14(20)5-7-15/h3-9,13H,10-11H2,1-2H3,(H,21,24)/t13-/m0/s1. The van der Waals surface area contributed by atoms with Gasteiger partial charge in [0.2, 0.25) is 11.8 Å². The molecule has 1 heterocycles. The van der Waals surface area contributed by atoms with E-state index >= 15 is 0 Å². The molecule has 25 heavy (non-hydrogen) atoms. The third kappa shape index (κ3) is 3.77. The minimum atomic E-state index is -0.409. The maximum absolute atomic E-state index is 12.6. The lowest BCUT2D eigenvalue weighted by molar-refractivity contribution is -0.122. The first-order valence-corrected chi connectivity index (χ1v) is 8.37. The molecule has 1 atom stereocenters. The molecule has 5 nitrogen and oxygen atoms in total. The van der Waals surface area contributed by atoms with E-state index in [4.69, 9.17) is 16.3 Å². The highest BCUT2D eigenvalue weighted by molar-refractivity contribution is 6.30. The number of hydrogen-bond acceptors (Lipinski definition) is 3. The van der Waals surface area contributed by atoms with Crippen LogP contribution in [0.4, 0.5) is 11.4 Å². The van der Waals surface area contributed by atoms with E-state index in [9.17, 15) is 9.59 Å². The predicted molar refractivity (Wildman–Crippen MR) is 98.3 cm³/mol. The van der Waals surface area contributed by atoms with Crippen molar-refractivity contribution in [2.75, 3.05) is 23.9 Å². The van der Waals surface area contributed by atoms with Crippen molar-refractivity contribution in [2.45, 2.75) is 13.3 Å². The Morgan fingerprint density at radius 3 is 2.64 bits per heavy atom. The van der Waals surface area contributed by atoms with Crippen LogP contribution >= 0.6 is 11.6 Å². The molecule has 0 aliphatic carbocycles. The Labute approximate surface area is 151 Å². The zero-order valence-electron chi connectivity index (χ0n) is 14.1. The lowest BCUT2D eigenvalue weighted by Gasteiger charge is -2.17. The van der Waals surface area contributed by atoms with Crippen molar-refractivity contribution in [2.24, 2.45) is 5.92 Å². The number of nitrogens with zero attached hydrogens (tertiary/aromatic N) is 1. The van der Waals surface area contributed by atoms with Crippen LogP contribution in [-0.2, 0) is 9.59 Å². The number of hydrogen-bond donors (Lipinski definition) is 1. The van der Waals surface area contributed by atoms with Gasteiger partial charge in [-0.25, -0.2) is 0 Å². The molecule has 130 valence electrons. The molecule has 1 N–H and O–H groups in total. The van der Waals surface area contributed by atoms with Crippen LogP contribution in [0.2, 0.25) is 5.02 Å². The Morgan fingerprint density at radius 1 is 1.24 bits per heavy atom. The summed E-state index contributed by atoms with van der Waals surface area (Å²) in [5.74, 6) is -0.0707. The van der Waals surface area contributed by atoms with Gasteiger partial charge in [-0.1, -0.05) is 17.7 Å². The van der Waals surface area contributed by atoms with Crippen molar-refractivity contribution in [1.29, 1.82) is 0 Å². The average Bonchev–Trinajstić information content (AvgIpc) is 2.98. The molecule has 0 unspecified atom stereocenters. The molecule has 2 aromatic rings. The van der Waals surface area contributed by atoms with E-state index in [2.05, 4.69) is 5.32 Å². The van der Waals surface area contributed by atoms with E-state index in [1.165, 1.54) is 0 Å². The van der Waals surface area contributed by atoms with Crippen LogP contribution in [0.25, 0.3) is 0 Å². The molecule has 6 heteroatoms. The second-order valence-electron chi connectivity index (χ2n) is 6.07. The molecule has 3 rings (SSSR count). The van der Waals surface area contributed by atoms with Gasteiger partial charge in [0.1, 0.15) is 5.75 Å². The number of carbonyl (C=O) groups is 2. The van der Waals surface area contributed by atoms with E-state index in [-0.39, 0.29) is 18.2 Å². The molecular weight excluding hydrogens is 340 g/mol. The monoisotopic (exact) mass is 358 g/mol. The molecule has 0 spiro atoms. The third-order valence-electron chi connectivity index (χ3n) is 4.25. The van der Waals surface area contributed by atoms with Crippen molar-refractivity contribution >= 4 is 34.8 Å². The molecule has 1 saturated heterocycles.